The number of ether oxygens (including phenoxy) is 1. The monoisotopic (exact) mass is 421 g/mol. The van der Waals surface area contributed by atoms with Crippen LogP contribution in [0.1, 0.15) is 42.0 Å². The minimum atomic E-state index is -0.620. The van der Waals surface area contributed by atoms with Gasteiger partial charge in [-0.2, -0.15) is 0 Å². The van der Waals surface area contributed by atoms with Gasteiger partial charge in [-0.15, -0.1) is 0 Å². The fourth-order valence-electron chi connectivity index (χ4n) is 3.35. The molecule has 2 aromatic rings. The van der Waals surface area contributed by atoms with Crippen molar-refractivity contribution in [1.29, 1.82) is 0 Å². The molecule has 4 amide bonds. The number of anilines is 1. The van der Waals surface area contributed by atoms with Crippen LogP contribution in [0.25, 0.3) is 6.08 Å². The smallest absolute Gasteiger partial charge is 0.329 e. The van der Waals surface area contributed by atoms with Gasteiger partial charge < -0.3 is 15.4 Å². The average molecular weight is 421 g/mol. The molecule has 1 saturated heterocycles. The van der Waals surface area contributed by atoms with E-state index in [1.165, 1.54) is 0 Å². The maximum absolute atomic E-state index is 12.8. The van der Waals surface area contributed by atoms with Gasteiger partial charge in [0.1, 0.15) is 18.0 Å². The predicted molar refractivity (Wildman–Crippen MR) is 120 cm³/mol. The van der Waals surface area contributed by atoms with Gasteiger partial charge in [-0.3, -0.25) is 9.59 Å². The first kappa shape index (κ1) is 22.1. The van der Waals surface area contributed by atoms with E-state index in [0.717, 1.165) is 32.9 Å². The third-order valence-corrected chi connectivity index (χ3v) is 5.14. The van der Waals surface area contributed by atoms with Crippen LogP contribution >= 0.6 is 0 Å². The molecule has 0 atom stereocenters. The number of hydrogen-bond donors (Lipinski definition) is 2. The number of urea groups is 1. The van der Waals surface area contributed by atoms with Crippen LogP contribution in [-0.2, 0) is 9.59 Å². The van der Waals surface area contributed by atoms with E-state index in [1.807, 2.05) is 38.1 Å². The second-order valence-electron chi connectivity index (χ2n) is 7.90. The van der Waals surface area contributed by atoms with Crippen LogP contribution in [0, 0.1) is 13.8 Å². The summed E-state index contributed by atoms with van der Waals surface area (Å²) in [6, 6.07) is 10.5. The molecule has 3 rings (SSSR count). The molecule has 0 spiro atoms. The number of imide groups is 1. The molecule has 7 heteroatoms. The summed E-state index contributed by atoms with van der Waals surface area (Å²) in [4.78, 5) is 38.3. The van der Waals surface area contributed by atoms with Crippen LogP contribution in [0.4, 0.5) is 10.5 Å². The zero-order valence-electron chi connectivity index (χ0n) is 18.4. The molecule has 0 bridgehead atoms. The predicted octanol–water partition coefficient (Wildman–Crippen LogP) is 3.97. The zero-order chi connectivity index (χ0) is 22.7. The largest absolute Gasteiger partial charge is 0.496 e. The molecular formula is C24H27N3O4. The number of amides is 4. The first-order chi connectivity index (χ1) is 14.7. The van der Waals surface area contributed by atoms with Crippen molar-refractivity contribution in [2.24, 2.45) is 0 Å². The van der Waals surface area contributed by atoms with E-state index in [4.69, 9.17) is 4.74 Å². The van der Waals surface area contributed by atoms with E-state index in [0.29, 0.717) is 5.69 Å². The molecule has 0 aliphatic carbocycles. The minimum Gasteiger partial charge on any atom is -0.496 e. The van der Waals surface area contributed by atoms with Crippen LogP contribution in [0.2, 0.25) is 0 Å². The van der Waals surface area contributed by atoms with Gasteiger partial charge in [0.05, 0.1) is 7.11 Å². The highest BCUT2D eigenvalue weighted by atomic mass is 16.5. The first-order valence-corrected chi connectivity index (χ1v) is 10.1. The Balaban J connectivity index is 1.78. The molecule has 1 fully saturated rings. The summed E-state index contributed by atoms with van der Waals surface area (Å²) in [5.74, 6) is 0.0241. The molecule has 7 nitrogen and oxygen atoms in total. The Morgan fingerprint density at radius 2 is 1.84 bits per heavy atom. The number of aryl methyl sites for hydroxylation is 2. The molecule has 162 valence electrons. The van der Waals surface area contributed by atoms with Crippen molar-refractivity contribution < 1.29 is 19.1 Å². The number of nitrogens with one attached hydrogen (secondary N) is 2. The molecule has 31 heavy (non-hydrogen) atoms. The van der Waals surface area contributed by atoms with Gasteiger partial charge in [0, 0.05) is 5.69 Å². The number of benzene rings is 2. The summed E-state index contributed by atoms with van der Waals surface area (Å²) in [5, 5.41) is 5.27. The highest BCUT2D eigenvalue weighted by molar-refractivity contribution is 6.16. The molecular weight excluding hydrogens is 394 g/mol. The lowest BCUT2D eigenvalue weighted by atomic mass is 9.96. The van der Waals surface area contributed by atoms with E-state index >= 15 is 0 Å². The Morgan fingerprint density at radius 3 is 2.45 bits per heavy atom. The van der Waals surface area contributed by atoms with Crippen molar-refractivity contribution in [2.45, 2.75) is 33.6 Å². The summed E-state index contributed by atoms with van der Waals surface area (Å²) < 4.78 is 5.46. The minimum absolute atomic E-state index is 0.135. The highest BCUT2D eigenvalue weighted by Gasteiger charge is 2.35. The van der Waals surface area contributed by atoms with Gasteiger partial charge in [0.2, 0.25) is 5.91 Å². The Hall–Kier alpha value is -3.61. The number of methoxy groups -OCH3 is 1. The van der Waals surface area contributed by atoms with Gasteiger partial charge in [-0.25, -0.2) is 9.69 Å². The van der Waals surface area contributed by atoms with Crippen LogP contribution < -0.4 is 15.4 Å². The van der Waals surface area contributed by atoms with Crippen molar-refractivity contribution >= 4 is 29.6 Å². The Labute approximate surface area is 182 Å². The van der Waals surface area contributed by atoms with E-state index in [-0.39, 0.29) is 18.2 Å². The maximum Gasteiger partial charge on any atom is 0.329 e. The average Bonchev–Trinajstić information content (AvgIpc) is 2.98. The number of carbonyl (C=O) groups excluding carboxylic acids is 3. The Bertz CT molecular complexity index is 1060. The van der Waals surface area contributed by atoms with Gasteiger partial charge >= 0.3 is 6.03 Å². The third-order valence-electron chi connectivity index (χ3n) is 5.14. The molecule has 0 unspecified atom stereocenters. The normalized spacial score (nSPS) is 14.9. The summed E-state index contributed by atoms with van der Waals surface area (Å²) in [6.07, 6.45) is 1.64. The fraction of sp³-hybridized carbons (Fsp3) is 0.292. The van der Waals surface area contributed by atoms with Crippen LogP contribution in [-0.4, -0.2) is 36.4 Å². The lowest BCUT2D eigenvalue weighted by molar-refractivity contribution is -0.127. The second-order valence-corrected chi connectivity index (χ2v) is 7.90. The van der Waals surface area contributed by atoms with E-state index < -0.39 is 17.8 Å². The standard InChI is InChI=1S/C24H27N3O4/c1-14(2)19-11-17(16(4)10-21(19)31-5)12-20-23(29)27(24(30)26-20)13-22(28)25-18-8-6-15(3)7-9-18/h6-12,14H,13H2,1-5H3,(H,25,28)(H,26,30). The van der Waals surface area contributed by atoms with Crippen molar-refractivity contribution in [3.63, 3.8) is 0 Å². The van der Waals surface area contributed by atoms with Crippen LogP contribution in [0.3, 0.4) is 0 Å². The lowest BCUT2D eigenvalue weighted by Crippen LogP contribution is -2.38. The molecule has 1 aliphatic heterocycles. The second kappa shape index (κ2) is 9.04. The fourth-order valence-corrected chi connectivity index (χ4v) is 3.35. The van der Waals surface area contributed by atoms with Gasteiger partial charge in [-0.1, -0.05) is 31.5 Å². The van der Waals surface area contributed by atoms with Crippen molar-refractivity contribution in [3.05, 3.63) is 64.3 Å². The van der Waals surface area contributed by atoms with Gasteiger partial charge in [0.15, 0.2) is 0 Å². The molecule has 2 aromatic carbocycles. The highest BCUT2D eigenvalue weighted by Crippen LogP contribution is 2.31. The third kappa shape index (κ3) is 4.94. The zero-order valence-corrected chi connectivity index (χ0v) is 18.4. The lowest BCUT2D eigenvalue weighted by Gasteiger charge is -2.15. The van der Waals surface area contributed by atoms with Crippen molar-refractivity contribution in [1.82, 2.24) is 10.2 Å². The van der Waals surface area contributed by atoms with Crippen LogP contribution in [0.5, 0.6) is 5.75 Å². The number of hydrogen-bond acceptors (Lipinski definition) is 4. The summed E-state index contributed by atoms with van der Waals surface area (Å²) in [6.45, 7) is 7.60. The van der Waals surface area contributed by atoms with Gasteiger partial charge in [-0.05, 0) is 66.8 Å². The van der Waals surface area contributed by atoms with Crippen molar-refractivity contribution in [3.8, 4) is 5.75 Å². The topological polar surface area (TPSA) is 87.7 Å². The molecule has 1 heterocycles. The van der Waals surface area contributed by atoms with Gasteiger partial charge in [0.25, 0.3) is 5.91 Å². The quantitative estimate of drug-likeness (QED) is 0.546. The molecule has 0 saturated carbocycles. The van der Waals surface area contributed by atoms with E-state index in [2.05, 4.69) is 24.5 Å². The SMILES string of the molecule is COc1cc(C)c(C=C2NC(=O)N(CC(=O)Nc3ccc(C)cc3)C2=O)cc1C(C)C. The molecule has 1 aliphatic rings. The first-order valence-electron chi connectivity index (χ1n) is 10.1. The van der Waals surface area contributed by atoms with E-state index in [1.54, 1.807) is 25.3 Å². The van der Waals surface area contributed by atoms with E-state index in [9.17, 15) is 14.4 Å². The Kier molecular flexibility index (Phi) is 6.44. The number of nitrogens with zero attached hydrogens (tertiary/aromatic N) is 1. The Morgan fingerprint density at radius 1 is 1.16 bits per heavy atom. The number of rotatable bonds is 6. The van der Waals surface area contributed by atoms with Crippen LogP contribution in [0.15, 0.2) is 42.1 Å². The van der Waals surface area contributed by atoms with Crippen molar-refractivity contribution in [2.75, 3.05) is 19.0 Å². The summed E-state index contributed by atoms with van der Waals surface area (Å²) >= 11 is 0. The summed E-state index contributed by atoms with van der Waals surface area (Å²) in [5.41, 5.74) is 4.53. The molecule has 0 aromatic heterocycles. The number of carbonyl (C=O) groups is 3. The summed E-state index contributed by atoms with van der Waals surface area (Å²) in [7, 11) is 1.62. The molecule has 0 radical (unpaired) electrons. The molecule has 2 N–H and O–H groups in total. The maximum atomic E-state index is 12.8.